The number of ether oxygens (including phenoxy) is 1. The monoisotopic (exact) mass is 348 g/mol. The molecule has 26 heavy (non-hydrogen) atoms. The summed E-state index contributed by atoms with van der Waals surface area (Å²) in [6.45, 7) is 4.24. The van der Waals surface area contributed by atoms with Crippen molar-refractivity contribution in [2.45, 2.75) is 26.7 Å². The minimum atomic E-state index is -0.0184. The van der Waals surface area contributed by atoms with Crippen molar-refractivity contribution >= 4 is 23.4 Å². The Balaban J connectivity index is 1.80. The van der Waals surface area contributed by atoms with E-state index in [1.165, 1.54) is 0 Å². The molecule has 134 valence electrons. The zero-order valence-electron chi connectivity index (χ0n) is 15.5. The maximum Gasteiger partial charge on any atom is 0.157 e. The van der Waals surface area contributed by atoms with Crippen molar-refractivity contribution < 1.29 is 9.53 Å². The minimum absolute atomic E-state index is 0.0184. The van der Waals surface area contributed by atoms with Gasteiger partial charge >= 0.3 is 0 Å². The van der Waals surface area contributed by atoms with E-state index >= 15 is 0 Å². The third kappa shape index (κ3) is 4.60. The first-order valence-electron chi connectivity index (χ1n) is 8.73. The number of allylic oxidation sites excluding steroid dienone is 2. The standard InChI is InChI=1S/C22H24N2O2/c1-22(2)13-17(12-18(25)14-22)24-21-7-5-4-6-20(21)23-15-16-8-10-19(26-3)11-9-16/h4-12,15,24H,13-14H2,1-3H3. The van der Waals surface area contributed by atoms with Gasteiger partial charge in [-0.25, -0.2) is 0 Å². The number of para-hydroxylation sites is 2. The molecule has 0 fully saturated rings. The number of carbonyl (C=O) groups excluding carboxylic acids is 1. The lowest BCUT2D eigenvalue weighted by Gasteiger charge is -2.29. The Labute approximate surface area is 154 Å². The molecule has 0 unspecified atom stereocenters. The highest BCUT2D eigenvalue weighted by Gasteiger charge is 2.27. The molecule has 3 rings (SSSR count). The van der Waals surface area contributed by atoms with Crippen molar-refractivity contribution in [1.82, 2.24) is 0 Å². The van der Waals surface area contributed by atoms with Crippen molar-refractivity contribution in [3.05, 3.63) is 65.9 Å². The smallest absolute Gasteiger partial charge is 0.157 e. The average Bonchev–Trinajstić information content (AvgIpc) is 2.59. The SMILES string of the molecule is COc1ccc(C=Nc2ccccc2NC2=CC(=O)CC(C)(C)C2)cc1. The Morgan fingerprint density at radius 2 is 1.81 bits per heavy atom. The molecule has 0 aliphatic heterocycles. The van der Waals surface area contributed by atoms with Crippen LogP contribution in [-0.4, -0.2) is 19.1 Å². The summed E-state index contributed by atoms with van der Waals surface area (Å²) < 4.78 is 5.17. The highest BCUT2D eigenvalue weighted by molar-refractivity contribution is 5.92. The molecule has 2 aromatic carbocycles. The zero-order valence-corrected chi connectivity index (χ0v) is 15.5. The van der Waals surface area contributed by atoms with E-state index in [2.05, 4.69) is 24.2 Å². The quantitative estimate of drug-likeness (QED) is 0.762. The van der Waals surface area contributed by atoms with Gasteiger partial charge in [-0.15, -0.1) is 0 Å². The third-order valence-electron chi connectivity index (χ3n) is 4.32. The minimum Gasteiger partial charge on any atom is -0.497 e. The lowest BCUT2D eigenvalue weighted by molar-refractivity contribution is -0.117. The van der Waals surface area contributed by atoms with Crippen LogP contribution in [-0.2, 0) is 4.79 Å². The van der Waals surface area contributed by atoms with E-state index in [1.807, 2.05) is 54.7 Å². The molecular weight excluding hydrogens is 324 g/mol. The van der Waals surface area contributed by atoms with Crippen LogP contribution in [0, 0.1) is 5.41 Å². The number of ketones is 1. The van der Waals surface area contributed by atoms with Crippen LogP contribution in [0.3, 0.4) is 0 Å². The Morgan fingerprint density at radius 3 is 2.50 bits per heavy atom. The molecule has 0 saturated heterocycles. The topological polar surface area (TPSA) is 50.7 Å². The van der Waals surface area contributed by atoms with Gasteiger partial charge in [0.25, 0.3) is 0 Å². The second-order valence-electron chi connectivity index (χ2n) is 7.33. The number of anilines is 1. The van der Waals surface area contributed by atoms with Gasteiger partial charge < -0.3 is 10.1 Å². The predicted octanol–water partition coefficient (Wildman–Crippen LogP) is 5.13. The molecule has 0 atom stereocenters. The van der Waals surface area contributed by atoms with E-state index in [4.69, 9.17) is 4.74 Å². The fraction of sp³-hybridized carbons (Fsp3) is 0.273. The summed E-state index contributed by atoms with van der Waals surface area (Å²) in [5.74, 6) is 0.990. The lowest BCUT2D eigenvalue weighted by Crippen LogP contribution is -2.24. The van der Waals surface area contributed by atoms with Gasteiger partial charge in [0, 0.05) is 24.4 Å². The number of carbonyl (C=O) groups is 1. The molecule has 4 heteroatoms. The van der Waals surface area contributed by atoms with Crippen molar-refractivity contribution in [2.24, 2.45) is 10.4 Å². The number of benzene rings is 2. The van der Waals surface area contributed by atoms with Crippen LogP contribution in [0.25, 0.3) is 0 Å². The van der Waals surface area contributed by atoms with E-state index in [-0.39, 0.29) is 11.2 Å². The summed E-state index contributed by atoms with van der Waals surface area (Å²) in [5.41, 5.74) is 3.65. The fourth-order valence-corrected chi connectivity index (χ4v) is 3.13. The van der Waals surface area contributed by atoms with Crippen LogP contribution in [0.1, 0.15) is 32.3 Å². The molecule has 0 amide bonds. The van der Waals surface area contributed by atoms with Gasteiger partial charge in [-0.2, -0.15) is 0 Å². The van der Waals surface area contributed by atoms with E-state index < -0.39 is 0 Å². The normalized spacial score (nSPS) is 16.4. The third-order valence-corrected chi connectivity index (χ3v) is 4.32. The fourth-order valence-electron chi connectivity index (χ4n) is 3.13. The van der Waals surface area contributed by atoms with Crippen LogP contribution in [0.4, 0.5) is 11.4 Å². The predicted molar refractivity (Wildman–Crippen MR) is 106 cm³/mol. The molecule has 2 aromatic rings. The van der Waals surface area contributed by atoms with Crippen LogP contribution in [0.5, 0.6) is 5.75 Å². The van der Waals surface area contributed by atoms with E-state index in [9.17, 15) is 4.79 Å². The lowest BCUT2D eigenvalue weighted by atomic mass is 9.79. The summed E-state index contributed by atoms with van der Waals surface area (Å²) in [6.07, 6.45) is 4.98. The Kier molecular flexibility index (Phi) is 5.21. The number of rotatable bonds is 5. The first-order valence-corrected chi connectivity index (χ1v) is 8.73. The Morgan fingerprint density at radius 1 is 1.08 bits per heavy atom. The molecule has 0 bridgehead atoms. The zero-order chi connectivity index (χ0) is 18.6. The van der Waals surface area contributed by atoms with Gasteiger partial charge in [0.1, 0.15) is 5.75 Å². The highest BCUT2D eigenvalue weighted by Crippen LogP contribution is 2.35. The van der Waals surface area contributed by atoms with E-state index in [1.54, 1.807) is 13.2 Å². The summed E-state index contributed by atoms with van der Waals surface area (Å²) in [4.78, 5) is 16.6. The molecule has 1 N–H and O–H groups in total. The summed E-state index contributed by atoms with van der Waals surface area (Å²) in [6, 6.07) is 15.6. The maximum absolute atomic E-state index is 12.0. The Hall–Kier alpha value is -2.88. The van der Waals surface area contributed by atoms with Crippen molar-refractivity contribution in [1.29, 1.82) is 0 Å². The number of aliphatic imine (C=N–C) groups is 1. The molecule has 0 spiro atoms. The first kappa shape index (κ1) is 17.9. The molecule has 0 aromatic heterocycles. The van der Waals surface area contributed by atoms with Crippen LogP contribution < -0.4 is 10.1 Å². The van der Waals surface area contributed by atoms with Crippen molar-refractivity contribution in [3.8, 4) is 5.75 Å². The summed E-state index contributed by atoms with van der Waals surface area (Å²) in [7, 11) is 1.65. The summed E-state index contributed by atoms with van der Waals surface area (Å²) in [5, 5.41) is 3.40. The Bertz CT molecular complexity index is 849. The number of methoxy groups -OCH3 is 1. The first-order chi connectivity index (χ1) is 12.4. The highest BCUT2D eigenvalue weighted by atomic mass is 16.5. The average molecular weight is 348 g/mol. The van der Waals surface area contributed by atoms with Gasteiger partial charge in [-0.3, -0.25) is 9.79 Å². The van der Waals surface area contributed by atoms with Crippen molar-refractivity contribution in [2.75, 3.05) is 12.4 Å². The second-order valence-corrected chi connectivity index (χ2v) is 7.33. The van der Waals surface area contributed by atoms with Crippen molar-refractivity contribution in [3.63, 3.8) is 0 Å². The van der Waals surface area contributed by atoms with E-state index in [0.29, 0.717) is 6.42 Å². The van der Waals surface area contributed by atoms with Gasteiger partial charge in [0.15, 0.2) is 5.78 Å². The van der Waals surface area contributed by atoms with Gasteiger partial charge in [0.2, 0.25) is 0 Å². The number of nitrogens with one attached hydrogen (secondary N) is 1. The van der Waals surface area contributed by atoms with Crippen LogP contribution in [0.15, 0.2) is 65.3 Å². The number of nitrogens with zero attached hydrogens (tertiary/aromatic N) is 1. The number of hydrogen-bond donors (Lipinski definition) is 1. The molecule has 0 radical (unpaired) electrons. The van der Waals surface area contributed by atoms with Gasteiger partial charge in [-0.1, -0.05) is 26.0 Å². The summed E-state index contributed by atoms with van der Waals surface area (Å²) >= 11 is 0. The van der Waals surface area contributed by atoms with Crippen LogP contribution >= 0.6 is 0 Å². The van der Waals surface area contributed by atoms with E-state index in [0.717, 1.165) is 34.8 Å². The molecular formula is C22H24N2O2. The second kappa shape index (κ2) is 7.56. The maximum atomic E-state index is 12.0. The number of hydrogen-bond acceptors (Lipinski definition) is 4. The molecule has 4 nitrogen and oxygen atoms in total. The largest absolute Gasteiger partial charge is 0.497 e. The molecule has 1 aliphatic rings. The molecule has 1 aliphatic carbocycles. The van der Waals surface area contributed by atoms with Gasteiger partial charge in [0.05, 0.1) is 18.5 Å². The molecule has 0 saturated carbocycles. The van der Waals surface area contributed by atoms with Gasteiger partial charge in [-0.05, 0) is 53.8 Å². The van der Waals surface area contributed by atoms with Crippen LogP contribution in [0.2, 0.25) is 0 Å². The molecule has 0 heterocycles.